The van der Waals surface area contributed by atoms with Crippen LogP contribution in [0.2, 0.25) is 0 Å². The van der Waals surface area contributed by atoms with Crippen molar-refractivity contribution in [3.8, 4) is 55.6 Å². The van der Waals surface area contributed by atoms with Crippen molar-refractivity contribution < 1.29 is 0 Å². The Hall–Kier alpha value is -8.20. The molecule has 10 aromatic rings. The largest absolute Gasteiger partial charge is 0.310 e. The van der Waals surface area contributed by atoms with Gasteiger partial charge in [0.2, 0.25) is 0 Å². The summed E-state index contributed by atoms with van der Waals surface area (Å²) in [4.78, 5) is 4.97. The fraction of sp³-hybridized carbons (Fsp3) is 0.167. The summed E-state index contributed by atoms with van der Waals surface area (Å²) in [6.45, 7) is 19.0. The van der Waals surface area contributed by atoms with E-state index in [0.29, 0.717) is 0 Å². The van der Waals surface area contributed by atoms with Gasteiger partial charge >= 0.3 is 0 Å². The van der Waals surface area contributed by atoms with E-state index in [4.69, 9.17) is 0 Å². The first-order chi connectivity index (χ1) is 35.7. The maximum absolute atomic E-state index is 2.50. The summed E-state index contributed by atoms with van der Waals surface area (Å²) in [6, 6.07) is 82.6. The van der Waals surface area contributed by atoms with E-state index in [-0.39, 0.29) is 21.7 Å². The first-order valence-electron chi connectivity index (χ1n) is 26.5. The van der Waals surface area contributed by atoms with E-state index in [1.165, 1.54) is 106 Å². The van der Waals surface area contributed by atoms with Crippen LogP contribution in [-0.4, -0.2) is 0 Å². The lowest BCUT2D eigenvalue weighted by molar-refractivity contribution is 0.660. The maximum Gasteiger partial charge on any atom is 0.0543 e. The Kier molecular flexibility index (Phi) is 9.41. The van der Waals surface area contributed by atoms with Crippen LogP contribution in [0.5, 0.6) is 0 Å². The molecule has 0 unspecified atom stereocenters. The van der Waals surface area contributed by atoms with Gasteiger partial charge in [-0.05, 0) is 161 Å². The minimum absolute atomic E-state index is 0.0737. The molecule has 0 saturated heterocycles. The molecule has 2 heteroatoms. The van der Waals surface area contributed by atoms with Crippen molar-refractivity contribution in [2.75, 3.05) is 9.80 Å². The summed E-state index contributed by atoms with van der Waals surface area (Å²) in [7, 11) is 0. The summed E-state index contributed by atoms with van der Waals surface area (Å²) < 4.78 is 0. The molecule has 2 nitrogen and oxygen atoms in total. The Balaban J connectivity index is 0.869. The molecule has 0 atom stereocenters. The summed E-state index contributed by atoms with van der Waals surface area (Å²) in [6.07, 6.45) is 0. The Labute approximate surface area is 437 Å². The highest BCUT2D eigenvalue weighted by Gasteiger charge is 2.41. The second-order valence-corrected chi connectivity index (χ2v) is 23.3. The molecule has 4 aliphatic carbocycles. The van der Waals surface area contributed by atoms with Crippen LogP contribution in [-0.2, 0) is 21.7 Å². The van der Waals surface area contributed by atoms with E-state index in [0.717, 1.165) is 28.4 Å². The third-order valence-electron chi connectivity index (χ3n) is 17.9. The molecule has 74 heavy (non-hydrogen) atoms. The van der Waals surface area contributed by atoms with Gasteiger partial charge in [0.15, 0.2) is 0 Å². The number of rotatable bonds is 7. The molecule has 0 N–H and O–H groups in total. The predicted molar refractivity (Wildman–Crippen MR) is 312 cm³/mol. The molecule has 0 bridgehead atoms. The van der Waals surface area contributed by atoms with Crippen LogP contribution in [0.25, 0.3) is 55.6 Å². The molecule has 4 aliphatic rings. The van der Waals surface area contributed by atoms with Crippen LogP contribution in [0.1, 0.15) is 99.9 Å². The molecular weight excluding hydrogens is 893 g/mol. The van der Waals surface area contributed by atoms with Crippen LogP contribution < -0.4 is 9.80 Å². The average Bonchev–Trinajstić information content (AvgIpc) is 4.01. The van der Waals surface area contributed by atoms with Gasteiger partial charge in [0.1, 0.15) is 0 Å². The number of nitrogens with zero attached hydrogens (tertiary/aromatic N) is 2. The molecule has 10 aromatic carbocycles. The molecular formula is C72H60N2. The first-order valence-corrected chi connectivity index (χ1v) is 26.5. The van der Waals surface area contributed by atoms with Crippen molar-refractivity contribution >= 4 is 34.1 Å². The van der Waals surface area contributed by atoms with Crippen LogP contribution in [0.4, 0.5) is 34.1 Å². The normalized spacial score (nSPS) is 15.7. The van der Waals surface area contributed by atoms with Gasteiger partial charge in [0, 0.05) is 55.7 Å². The van der Waals surface area contributed by atoms with Crippen LogP contribution in [0.3, 0.4) is 0 Å². The molecule has 0 fully saturated rings. The zero-order valence-electron chi connectivity index (χ0n) is 43.7. The summed E-state index contributed by atoms with van der Waals surface area (Å²) >= 11 is 0. The highest BCUT2D eigenvalue weighted by molar-refractivity contribution is 5.97. The van der Waals surface area contributed by atoms with Crippen LogP contribution >= 0.6 is 0 Å². The number of hydrogen-bond donors (Lipinski definition) is 0. The zero-order chi connectivity index (χ0) is 50.5. The van der Waals surface area contributed by atoms with E-state index < -0.39 is 0 Å². The number of anilines is 6. The lowest BCUT2D eigenvalue weighted by Crippen LogP contribution is -2.18. The minimum atomic E-state index is -0.120. The molecule has 0 heterocycles. The van der Waals surface area contributed by atoms with E-state index in [2.05, 4.69) is 284 Å². The molecule has 0 saturated carbocycles. The van der Waals surface area contributed by atoms with E-state index in [1.807, 2.05) is 0 Å². The molecule has 0 amide bonds. The lowest BCUT2D eigenvalue weighted by atomic mass is 9.82. The van der Waals surface area contributed by atoms with E-state index >= 15 is 0 Å². The van der Waals surface area contributed by atoms with Gasteiger partial charge in [-0.2, -0.15) is 0 Å². The van der Waals surface area contributed by atoms with Crippen LogP contribution in [0, 0.1) is 0 Å². The second kappa shape index (κ2) is 15.7. The second-order valence-electron chi connectivity index (χ2n) is 23.3. The highest BCUT2D eigenvalue weighted by atomic mass is 15.2. The molecule has 14 rings (SSSR count). The third-order valence-corrected chi connectivity index (χ3v) is 17.9. The zero-order valence-corrected chi connectivity index (χ0v) is 43.7. The number of benzene rings is 10. The molecule has 0 radical (unpaired) electrons. The van der Waals surface area contributed by atoms with E-state index in [9.17, 15) is 0 Å². The van der Waals surface area contributed by atoms with Gasteiger partial charge in [-0.1, -0.05) is 207 Å². The van der Waals surface area contributed by atoms with Crippen molar-refractivity contribution in [2.24, 2.45) is 0 Å². The Morgan fingerprint density at radius 2 is 0.568 bits per heavy atom. The van der Waals surface area contributed by atoms with Crippen molar-refractivity contribution in [3.05, 3.63) is 263 Å². The highest BCUT2D eigenvalue weighted by Crippen LogP contribution is 2.57. The fourth-order valence-electron chi connectivity index (χ4n) is 13.9. The number of hydrogen-bond acceptors (Lipinski definition) is 2. The van der Waals surface area contributed by atoms with Crippen molar-refractivity contribution in [2.45, 2.75) is 77.0 Å². The topological polar surface area (TPSA) is 6.48 Å². The minimum Gasteiger partial charge on any atom is -0.310 e. The van der Waals surface area contributed by atoms with Gasteiger partial charge in [0.25, 0.3) is 0 Å². The SMILES string of the molecule is CC1(C)c2ccccc2-c2cc(N(c3ccc(-c4ccc(N(c5ccc6c(c5)C(C)(C)c5ccccc5-6)c5ccc6c(c5)C(C)(C)c5ccccc5-6)cc4)cc3)c3cccc4c3-c3ccccc3C4(C)C)ccc21. The van der Waals surface area contributed by atoms with Gasteiger partial charge in [-0.25, -0.2) is 0 Å². The van der Waals surface area contributed by atoms with Crippen molar-refractivity contribution in [1.82, 2.24) is 0 Å². The Morgan fingerprint density at radius 3 is 1.08 bits per heavy atom. The third kappa shape index (κ3) is 6.24. The summed E-state index contributed by atoms with van der Waals surface area (Å²) in [5.74, 6) is 0. The summed E-state index contributed by atoms with van der Waals surface area (Å²) in [5.41, 5.74) is 30.4. The van der Waals surface area contributed by atoms with Gasteiger partial charge in [0.05, 0.1) is 5.69 Å². The van der Waals surface area contributed by atoms with E-state index in [1.54, 1.807) is 0 Å². The standard InChI is InChI=1S/C72H60N2/c1-69(2)61-24-15-11-20-54(61)58-42-49(38-41-63(58)69)74(67-27-17-26-64-68(67)57-21-12-16-25-62(57)70(64,3)4)48-34-30-46(31-35-48)45-28-32-47(33-29-45)73(50-36-39-55-52-18-9-13-22-59(52)71(5,6)65(55)43-50)51-37-40-56-53-19-10-14-23-60(53)72(7,8)66(56)44-51/h9-44H,1-8H3. The Bertz CT molecular complexity index is 3850. The monoisotopic (exact) mass is 952 g/mol. The van der Waals surface area contributed by atoms with Crippen molar-refractivity contribution in [3.63, 3.8) is 0 Å². The van der Waals surface area contributed by atoms with Crippen molar-refractivity contribution in [1.29, 1.82) is 0 Å². The average molecular weight is 953 g/mol. The quantitative estimate of drug-likeness (QED) is 0.157. The predicted octanol–water partition coefficient (Wildman–Crippen LogP) is 19.5. The maximum atomic E-state index is 2.50. The fourth-order valence-corrected chi connectivity index (χ4v) is 13.9. The van der Waals surface area contributed by atoms with Crippen LogP contribution in [0.15, 0.2) is 218 Å². The molecule has 358 valence electrons. The first kappa shape index (κ1) is 44.5. The molecule has 0 aromatic heterocycles. The smallest absolute Gasteiger partial charge is 0.0543 e. The Morgan fingerprint density at radius 1 is 0.230 bits per heavy atom. The van der Waals surface area contributed by atoms with Gasteiger partial charge in [-0.15, -0.1) is 0 Å². The summed E-state index contributed by atoms with van der Waals surface area (Å²) in [5, 5.41) is 0. The lowest BCUT2D eigenvalue weighted by Gasteiger charge is -2.30. The molecule has 0 spiro atoms. The van der Waals surface area contributed by atoms with Gasteiger partial charge < -0.3 is 9.80 Å². The number of fused-ring (bicyclic) bond motifs is 12. The van der Waals surface area contributed by atoms with Gasteiger partial charge in [-0.3, -0.25) is 0 Å². The molecule has 0 aliphatic heterocycles.